The molecule has 1 aromatic heterocycles. The monoisotopic (exact) mass is 224 g/mol. The van der Waals surface area contributed by atoms with Gasteiger partial charge in [0.2, 0.25) is 0 Å². The summed E-state index contributed by atoms with van der Waals surface area (Å²) in [4.78, 5) is 0. The van der Waals surface area contributed by atoms with E-state index in [2.05, 4.69) is 40.1 Å². The Bertz CT molecular complexity index is 431. The number of nitrogens with zero attached hydrogens (tertiary/aromatic N) is 2. The topological polar surface area (TPSA) is 17.8 Å². The Hall–Kier alpha value is -0.830. The molecular weight excluding hydrogens is 216 g/mol. The molecule has 1 heterocycles. The van der Waals surface area contributed by atoms with Crippen LogP contribution in [0.3, 0.4) is 0 Å². The molecule has 2 aromatic rings. The highest BCUT2D eigenvalue weighted by Crippen LogP contribution is 2.22. The molecule has 0 amide bonds. The summed E-state index contributed by atoms with van der Waals surface area (Å²) in [7, 11) is 1.95. The van der Waals surface area contributed by atoms with E-state index in [9.17, 15) is 0 Å². The second-order valence-corrected chi connectivity index (χ2v) is 3.78. The minimum atomic E-state index is 1.14. The first-order valence-corrected chi connectivity index (χ1v) is 4.55. The third-order valence-electron chi connectivity index (χ3n) is 2.03. The fourth-order valence-corrected chi connectivity index (χ4v) is 1.62. The van der Waals surface area contributed by atoms with Crippen molar-refractivity contribution in [1.29, 1.82) is 0 Å². The van der Waals surface area contributed by atoms with Crippen LogP contribution in [0.15, 0.2) is 22.8 Å². The standard InChI is InChI=1S/C9H9BrN2/c1-6-3-7-5-11-12(2)9(7)4-8(6)10/h3-5H,1-2H3. The molecule has 0 saturated carbocycles. The summed E-state index contributed by atoms with van der Waals surface area (Å²) < 4.78 is 3.01. The third-order valence-corrected chi connectivity index (χ3v) is 2.88. The quantitative estimate of drug-likeness (QED) is 0.673. The number of fused-ring (bicyclic) bond motifs is 1. The predicted octanol–water partition coefficient (Wildman–Crippen LogP) is 2.64. The lowest BCUT2D eigenvalue weighted by Gasteiger charge is -1.98. The molecule has 0 spiro atoms. The van der Waals surface area contributed by atoms with Gasteiger partial charge in [0.1, 0.15) is 0 Å². The van der Waals surface area contributed by atoms with Crippen molar-refractivity contribution in [1.82, 2.24) is 9.78 Å². The van der Waals surface area contributed by atoms with E-state index >= 15 is 0 Å². The molecule has 62 valence electrons. The lowest BCUT2D eigenvalue weighted by atomic mass is 10.2. The Morgan fingerprint density at radius 3 is 2.92 bits per heavy atom. The molecular formula is C9H9BrN2. The molecule has 3 heteroatoms. The SMILES string of the molecule is Cc1cc2cnn(C)c2cc1Br. The van der Waals surface area contributed by atoms with Gasteiger partial charge in [-0.1, -0.05) is 15.9 Å². The average molecular weight is 225 g/mol. The zero-order valence-electron chi connectivity index (χ0n) is 7.00. The van der Waals surface area contributed by atoms with E-state index in [4.69, 9.17) is 0 Å². The highest BCUT2D eigenvalue weighted by atomic mass is 79.9. The number of aryl methyl sites for hydroxylation is 2. The minimum absolute atomic E-state index is 1.14. The molecule has 12 heavy (non-hydrogen) atoms. The molecule has 0 radical (unpaired) electrons. The van der Waals surface area contributed by atoms with Crippen LogP contribution in [0.2, 0.25) is 0 Å². The number of halogens is 1. The molecule has 0 aliphatic heterocycles. The summed E-state index contributed by atoms with van der Waals surface area (Å²) in [6.45, 7) is 2.08. The maximum atomic E-state index is 4.17. The van der Waals surface area contributed by atoms with Crippen LogP contribution in [0, 0.1) is 6.92 Å². The van der Waals surface area contributed by atoms with E-state index < -0.39 is 0 Å². The van der Waals surface area contributed by atoms with Crippen LogP contribution in [-0.4, -0.2) is 9.78 Å². The van der Waals surface area contributed by atoms with E-state index in [0.29, 0.717) is 0 Å². The van der Waals surface area contributed by atoms with Crippen molar-refractivity contribution >= 4 is 26.8 Å². The van der Waals surface area contributed by atoms with Gasteiger partial charge in [-0.3, -0.25) is 4.68 Å². The number of hydrogen-bond donors (Lipinski definition) is 0. The predicted molar refractivity (Wildman–Crippen MR) is 53.2 cm³/mol. The average Bonchev–Trinajstić information content (AvgIpc) is 2.35. The lowest BCUT2D eigenvalue weighted by molar-refractivity contribution is 0.797. The molecule has 0 atom stereocenters. The first-order valence-electron chi connectivity index (χ1n) is 3.76. The number of hydrogen-bond acceptors (Lipinski definition) is 1. The molecule has 2 nitrogen and oxygen atoms in total. The normalized spacial score (nSPS) is 10.9. The maximum Gasteiger partial charge on any atom is 0.0690 e. The van der Waals surface area contributed by atoms with Gasteiger partial charge < -0.3 is 0 Å². The second kappa shape index (κ2) is 2.59. The van der Waals surface area contributed by atoms with Gasteiger partial charge in [0.05, 0.1) is 11.7 Å². The first-order chi connectivity index (χ1) is 5.68. The van der Waals surface area contributed by atoms with Crippen LogP contribution in [0.25, 0.3) is 10.9 Å². The summed E-state index contributed by atoms with van der Waals surface area (Å²) in [6.07, 6.45) is 1.88. The third kappa shape index (κ3) is 1.05. The summed E-state index contributed by atoms with van der Waals surface area (Å²) >= 11 is 3.49. The van der Waals surface area contributed by atoms with E-state index in [1.165, 1.54) is 10.9 Å². The van der Waals surface area contributed by atoms with Gasteiger partial charge in [0.15, 0.2) is 0 Å². The van der Waals surface area contributed by atoms with Crippen LogP contribution in [0.5, 0.6) is 0 Å². The Balaban J connectivity index is 2.87. The van der Waals surface area contributed by atoms with E-state index in [1.54, 1.807) is 0 Å². The summed E-state index contributed by atoms with van der Waals surface area (Å²) in [6, 6.07) is 4.23. The van der Waals surface area contributed by atoms with Crippen LogP contribution >= 0.6 is 15.9 Å². The molecule has 0 aliphatic rings. The molecule has 2 rings (SSSR count). The summed E-state index contributed by atoms with van der Waals surface area (Å²) in [5.74, 6) is 0. The Morgan fingerprint density at radius 1 is 1.42 bits per heavy atom. The molecule has 0 N–H and O–H groups in total. The Labute approximate surface area is 79.3 Å². The van der Waals surface area contributed by atoms with Crippen molar-refractivity contribution in [3.63, 3.8) is 0 Å². The van der Waals surface area contributed by atoms with E-state index in [0.717, 1.165) is 9.99 Å². The number of benzene rings is 1. The van der Waals surface area contributed by atoms with Gasteiger partial charge in [-0.2, -0.15) is 5.10 Å². The van der Waals surface area contributed by atoms with Gasteiger partial charge in [0.25, 0.3) is 0 Å². The molecule has 1 aromatic carbocycles. The fourth-order valence-electron chi connectivity index (χ4n) is 1.29. The zero-order valence-corrected chi connectivity index (χ0v) is 8.59. The Morgan fingerprint density at radius 2 is 2.17 bits per heavy atom. The van der Waals surface area contributed by atoms with E-state index in [-0.39, 0.29) is 0 Å². The molecule has 0 saturated heterocycles. The van der Waals surface area contributed by atoms with Gasteiger partial charge >= 0.3 is 0 Å². The Kier molecular flexibility index (Phi) is 1.68. The highest BCUT2D eigenvalue weighted by molar-refractivity contribution is 9.10. The largest absolute Gasteiger partial charge is 0.268 e. The van der Waals surface area contributed by atoms with Crippen molar-refractivity contribution in [2.45, 2.75) is 6.92 Å². The van der Waals surface area contributed by atoms with Crippen molar-refractivity contribution in [2.24, 2.45) is 7.05 Å². The smallest absolute Gasteiger partial charge is 0.0690 e. The molecule has 0 fully saturated rings. The van der Waals surface area contributed by atoms with Gasteiger partial charge in [-0.15, -0.1) is 0 Å². The van der Waals surface area contributed by atoms with Crippen LogP contribution in [0.1, 0.15) is 5.56 Å². The lowest BCUT2D eigenvalue weighted by Crippen LogP contribution is -1.88. The van der Waals surface area contributed by atoms with Crippen LogP contribution in [0.4, 0.5) is 0 Å². The number of aromatic nitrogens is 2. The molecule has 0 unspecified atom stereocenters. The summed E-state index contributed by atoms with van der Waals surface area (Å²) in [5, 5.41) is 5.37. The van der Waals surface area contributed by atoms with Gasteiger partial charge in [0, 0.05) is 16.9 Å². The highest BCUT2D eigenvalue weighted by Gasteiger charge is 2.01. The maximum absolute atomic E-state index is 4.17. The molecule has 0 bridgehead atoms. The molecule has 0 aliphatic carbocycles. The van der Waals surface area contributed by atoms with Gasteiger partial charge in [-0.05, 0) is 24.6 Å². The summed E-state index contributed by atoms with van der Waals surface area (Å²) in [5.41, 5.74) is 2.41. The fraction of sp³-hybridized carbons (Fsp3) is 0.222. The van der Waals surface area contributed by atoms with Crippen molar-refractivity contribution < 1.29 is 0 Å². The van der Waals surface area contributed by atoms with Crippen LogP contribution in [-0.2, 0) is 7.05 Å². The van der Waals surface area contributed by atoms with Crippen LogP contribution < -0.4 is 0 Å². The minimum Gasteiger partial charge on any atom is -0.268 e. The van der Waals surface area contributed by atoms with Gasteiger partial charge in [-0.25, -0.2) is 0 Å². The zero-order chi connectivity index (χ0) is 8.72. The van der Waals surface area contributed by atoms with Crippen molar-refractivity contribution in [2.75, 3.05) is 0 Å². The van der Waals surface area contributed by atoms with E-state index in [1.807, 2.05) is 17.9 Å². The van der Waals surface area contributed by atoms with Crippen molar-refractivity contribution in [3.05, 3.63) is 28.4 Å². The second-order valence-electron chi connectivity index (χ2n) is 2.93. The number of rotatable bonds is 0. The first kappa shape index (κ1) is 7.80. The van der Waals surface area contributed by atoms with Crippen molar-refractivity contribution in [3.8, 4) is 0 Å².